The summed E-state index contributed by atoms with van der Waals surface area (Å²) in [5.74, 6) is -0.109. The van der Waals surface area contributed by atoms with E-state index in [4.69, 9.17) is 0 Å². The molecule has 2 atom stereocenters. The maximum absolute atomic E-state index is 13.6. The van der Waals surface area contributed by atoms with E-state index in [-0.39, 0.29) is 36.3 Å². The molecule has 192 valence electrons. The number of aromatic nitrogens is 1. The van der Waals surface area contributed by atoms with Gasteiger partial charge in [0.2, 0.25) is 11.8 Å². The van der Waals surface area contributed by atoms with E-state index in [1.54, 1.807) is 11.1 Å². The third kappa shape index (κ3) is 5.49. The third-order valence-corrected chi connectivity index (χ3v) is 7.94. The fourth-order valence-corrected chi connectivity index (χ4v) is 5.90. The first-order valence-electron chi connectivity index (χ1n) is 12.8. The molecule has 2 aromatic carbocycles. The van der Waals surface area contributed by atoms with Crippen LogP contribution in [-0.2, 0) is 16.1 Å². The summed E-state index contributed by atoms with van der Waals surface area (Å²) < 4.78 is 2.70. The summed E-state index contributed by atoms with van der Waals surface area (Å²) in [6, 6.07) is 16.2. The number of carbonyl (C=O) groups is 3. The van der Waals surface area contributed by atoms with Crippen LogP contribution in [0.5, 0.6) is 0 Å². The minimum Gasteiger partial charge on any atom is -0.349 e. The third-order valence-electron chi connectivity index (χ3n) is 7.44. The van der Waals surface area contributed by atoms with Crippen LogP contribution in [0.25, 0.3) is 10.9 Å². The molecule has 0 radical (unpaired) electrons. The number of halogens is 1. The van der Waals surface area contributed by atoms with Crippen molar-refractivity contribution in [2.24, 2.45) is 0 Å². The summed E-state index contributed by atoms with van der Waals surface area (Å²) in [7, 11) is 0. The summed E-state index contributed by atoms with van der Waals surface area (Å²) in [4.78, 5) is 39.7. The largest absolute Gasteiger partial charge is 0.349 e. The second-order valence-electron chi connectivity index (χ2n) is 9.93. The molecule has 0 spiro atoms. The molecule has 1 saturated heterocycles. The number of hydrogen-bond donors (Lipinski definition) is 2. The molecule has 37 heavy (non-hydrogen) atoms. The predicted molar refractivity (Wildman–Crippen MR) is 147 cm³/mol. The Labute approximate surface area is 225 Å². The average Bonchev–Trinajstić information content (AvgIpc) is 3.23. The Morgan fingerprint density at radius 1 is 1.03 bits per heavy atom. The van der Waals surface area contributed by atoms with E-state index >= 15 is 0 Å². The molecule has 2 heterocycles. The van der Waals surface area contributed by atoms with Gasteiger partial charge in [0.15, 0.2) is 0 Å². The van der Waals surface area contributed by atoms with Gasteiger partial charge in [0.1, 0.15) is 6.54 Å². The van der Waals surface area contributed by atoms with E-state index in [1.807, 2.05) is 28.8 Å². The SMILES string of the molecule is C=CC(=O)N1CC(NC(=O)Cn2cc(C(=O)N[C@@H]3CCCCC3c3ccccc3)c3cc(Br)ccc32)C1. The number of carbonyl (C=O) groups excluding carboxylic acids is 3. The van der Waals surface area contributed by atoms with Crippen molar-refractivity contribution in [2.75, 3.05) is 13.1 Å². The number of hydrogen-bond acceptors (Lipinski definition) is 3. The molecular weight excluding hydrogens is 532 g/mol. The Morgan fingerprint density at radius 2 is 1.78 bits per heavy atom. The summed E-state index contributed by atoms with van der Waals surface area (Å²) in [6.07, 6.45) is 7.32. The summed E-state index contributed by atoms with van der Waals surface area (Å²) in [5, 5.41) is 7.10. The molecule has 2 aliphatic rings. The predicted octanol–water partition coefficient (Wildman–Crippen LogP) is 4.37. The topological polar surface area (TPSA) is 83.4 Å². The van der Waals surface area contributed by atoms with Gasteiger partial charge in [-0.15, -0.1) is 0 Å². The van der Waals surface area contributed by atoms with Crippen LogP contribution in [0.3, 0.4) is 0 Å². The Morgan fingerprint density at radius 3 is 2.54 bits per heavy atom. The number of rotatable bonds is 7. The minimum atomic E-state index is -0.154. The van der Waals surface area contributed by atoms with Gasteiger partial charge in [-0.25, -0.2) is 0 Å². The Balaban J connectivity index is 1.32. The first kappa shape index (κ1) is 25.3. The van der Waals surface area contributed by atoms with Gasteiger partial charge < -0.3 is 20.1 Å². The van der Waals surface area contributed by atoms with Crippen LogP contribution in [0.2, 0.25) is 0 Å². The lowest BCUT2D eigenvalue weighted by Crippen LogP contribution is -2.61. The summed E-state index contributed by atoms with van der Waals surface area (Å²) in [6.45, 7) is 4.55. The molecule has 7 nitrogen and oxygen atoms in total. The molecule has 8 heteroatoms. The van der Waals surface area contributed by atoms with Gasteiger partial charge in [-0.05, 0) is 42.7 Å². The monoisotopic (exact) mass is 562 g/mol. The van der Waals surface area contributed by atoms with Crippen LogP contribution in [0.4, 0.5) is 0 Å². The number of benzene rings is 2. The summed E-state index contributed by atoms with van der Waals surface area (Å²) in [5.41, 5.74) is 2.65. The highest BCUT2D eigenvalue weighted by molar-refractivity contribution is 9.10. The second-order valence-corrected chi connectivity index (χ2v) is 10.8. The number of fused-ring (bicyclic) bond motifs is 1. The quantitative estimate of drug-likeness (QED) is 0.419. The van der Waals surface area contributed by atoms with Crippen molar-refractivity contribution in [3.05, 3.63) is 83.0 Å². The van der Waals surface area contributed by atoms with Gasteiger partial charge in [-0.1, -0.05) is 65.7 Å². The maximum atomic E-state index is 13.6. The number of nitrogens with one attached hydrogen (secondary N) is 2. The van der Waals surface area contributed by atoms with Crippen molar-refractivity contribution in [3.8, 4) is 0 Å². The van der Waals surface area contributed by atoms with Gasteiger partial charge in [0, 0.05) is 46.6 Å². The lowest BCUT2D eigenvalue weighted by molar-refractivity contribution is -0.133. The van der Waals surface area contributed by atoms with Crippen LogP contribution < -0.4 is 10.6 Å². The van der Waals surface area contributed by atoms with Crippen LogP contribution in [0.15, 0.2) is 71.9 Å². The van der Waals surface area contributed by atoms with Gasteiger partial charge >= 0.3 is 0 Å². The second kappa shape index (κ2) is 10.9. The number of likely N-dealkylation sites (tertiary alicyclic amines) is 1. The molecular formula is C29H31BrN4O3. The van der Waals surface area contributed by atoms with Gasteiger partial charge in [0.25, 0.3) is 5.91 Å². The minimum absolute atomic E-state index is 0.0670. The van der Waals surface area contributed by atoms with Crippen molar-refractivity contribution in [1.82, 2.24) is 20.1 Å². The smallest absolute Gasteiger partial charge is 0.253 e. The highest BCUT2D eigenvalue weighted by Crippen LogP contribution is 2.34. The van der Waals surface area contributed by atoms with Gasteiger partial charge in [0.05, 0.1) is 11.6 Å². The molecule has 1 aliphatic heterocycles. The zero-order valence-corrected chi connectivity index (χ0v) is 22.2. The summed E-state index contributed by atoms with van der Waals surface area (Å²) >= 11 is 3.53. The first-order chi connectivity index (χ1) is 17.9. The molecule has 1 aliphatic carbocycles. The van der Waals surface area contributed by atoms with Crippen LogP contribution >= 0.6 is 15.9 Å². The fourth-order valence-electron chi connectivity index (χ4n) is 5.54. The molecule has 1 saturated carbocycles. The van der Waals surface area contributed by atoms with Gasteiger partial charge in [-0.3, -0.25) is 14.4 Å². The van der Waals surface area contributed by atoms with E-state index in [2.05, 4.69) is 57.4 Å². The van der Waals surface area contributed by atoms with Crippen molar-refractivity contribution >= 4 is 44.6 Å². The maximum Gasteiger partial charge on any atom is 0.253 e. The molecule has 3 amide bonds. The zero-order valence-electron chi connectivity index (χ0n) is 20.7. The normalized spacial score (nSPS) is 19.8. The van der Waals surface area contributed by atoms with Crippen LogP contribution in [0, 0.1) is 0 Å². The van der Waals surface area contributed by atoms with E-state index < -0.39 is 0 Å². The number of nitrogens with zero attached hydrogens (tertiary/aromatic N) is 2. The van der Waals surface area contributed by atoms with Crippen LogP contribution in [-0.4, -0.2) is 52.4 Å². The molecule has 5 rings (SSSR count). The number of amides is 3. The van der Waals surface area contributed by atoms with Crippen molar-refractivity contribution in [3.63, 3.8) is 0 Å². The van der Waals surface area contributed by atoms with Gasteiger partial charge in [-0.2, -0.15) is 0 Å². The van der Waals surface area contributed by atoms with Crippen molar-refractivity contribution in [2.45, 2.75) is 50.2 Å². The molecule has 1 unspecified atom stereocenters. The highest BCUT2D eigenvalue weighted by Gasteiger charge is 2.31. The Hall–Kier alpha value is -3.39. The first-order valence-corrected chi connectivity index (χ1v) is 13.6. The van der Waals surface area contributed by atoms with E-state index in [0.717, 1.165) is 41.1 Å². The molecule has 1 aromatic heterocycles. The highest BCUT2D eigenvalue weighted by atomic mass is 79.9. The molecule has 0 bridgehead atoms. The van der Waals surface area contributed by atoms with Crippen molar-refractivity contribution < 1.29 is 14.4 Å². The van der Waals surface area contributed by atoms with E-state index in [0.29, 0.717) is 24.6 Å². The lowest BCUT2D eigenvalue weighted by Gasteiger charge is -2.38. The standard InChI is InChI=1S/C29H31BrN4O3/c1-2-28(36)34-15-21(16-34)31-27(35)18-33-17-24(23-14-20(30)12-13-26(23)33)29(37)32-25-11-7-6-10-22(25)19-8-4-3-5-9-19/h2-5,8-9,12-14,17,21-22,25H,1,6-7,10-11,15-16,18H2,(H,31,35)(H,32,37)/t22?,25-/m1/s1. The molecule has 2 N–H and O–H groups in total. The molecule has 3 aromatic rings. The van der Waals surface area contributed by atoms with Crippen molar-refractivity contribution in [1.29, 1.82) is 0 Å². The van der Waals surface area contributed by atoms with E-state index in [1.165, 1.54) is 11.6 Å². The zero-order chi connectivity index (χ0) is 25.9. The van der Waals surface area contributed by atoms with E-state index in [9.17, 15) is 14.4 Å². The Bertz CT molecular complexity index is 1330. The molecule has 2 fully saturated rings. The average molecular weight is 563 g/mol. The Kier molecular flexibility index (Phi) is 7.46. The fraction of sp³-hybridized carbons (Fsp3) is 0.345. The van der Waals surface area contributed by atoms with Crippen LogP contribution in [0.1, 0.15) is 47.5 Å². The lowest BCUT2D eigenvalue weighted by atomic mass is 9.80.